The first-order valence-electron chi connectivity index (χ1n) is 6.48. The second-order valence-corrected chi connectivity index (χ2v) is 4.65. The summed E-state index contributed by atoms with van der Waals surface area (Å²) in [5.41, 5.74) is 3.32. The van der Waals surface area contributed by atoms with Crippen LogP contribution in [0, 0.1) is 13.8 Å². The molecular weight excluding hydrogens is 258 g/mol. The Hall–Kier alpha value is -1.92. The first-order chi connectivity index (χ1) is 9.65. The van der Waals surface area contributed by atoms with Crippen molar-refractivity contribution >= 4 is 0 Å². The average Bonchev–Trinajstić information content (AvgIpc) is 2.82. The molecular formula is C14H19N3O3. The summed E-state index contributed by atoms with van der Waals surface area (Å²) in [7, 11) is 0. The van der Waals surface area contributed by atoms with Gasteiger partial charge in [-0.15, -0.1) is 5.10 Å². The van der Waals surface area contributed by atoms with Crippen LogP contribution in [0.1, 0.15) is 22.5 Å². The van der Waals surface area contributed by atoms with Crippen molar-refractivity contribution in [3.8, 4) is 5.75 Å². The molecule has 6 heteroatoms. The zero-order chi connectivity index (χ0) is 14.5. The van der Waals surface area contributed by atoms with Crippen molar-refractivity contribution in [3.05, 3.63) is 40.7 Å². The maximum Gasteiger partial charge on any atom is 0.132 e. The van der Waals surface area contributed by atoms with Crippen molar-refractivity contribution in [1.29, 1.82) is 0 Å². The molecule has 20 heavy (non-hydrogen) atoms. The van der Waals surface area contributed by atoms with Crippen molar-refractivity contribution < 1.29 is 14.9 Å². The molecule has 0 amide bonds. The molecule has 0 saturated carbocycles. The van der Waals surface area contributed by atoms with E-state index in [-0.39, 0.29) is 19.8 Å². The summed E-state index contributed by atoms with van der Waals surface area (Å²) in [6, 6.07) is 5.99. The third kappa shape index (κ3) is 3.15. The molecule has 0 radical (unpaired) electrons. The Balaban J connectivity index is 2.17. The molecule has 2 rings (SSSR count). The molecule has 0 atom stereocenters. The number of hydrogen-bond acceptors (Lipinski definition) is 5. The van der Waals surface area contributed by atoms with Crippen LogP contribution in [0.4, 0.5) is 0 Å². The monoisotopic (exact) mass is 277 g/mol. The summed E-state index contributed by atoms with van der Waals surface area (Å²) < 4.78 is 7.35. The Morgan fingerprint density at radius 2 is 2.05 bits per heavy atom. The van der Waals surface area contributed by atoms with Crippen LogP contribution in [-0.2, 0) is 19.8 Å². The minimum absolute atomic E-state index is 0.0370. The van der Waals surface area contributed by atoms with Crippen LogP contribution in [-0.4, -0.2) is 31.8 Å². The fraction of sp³-hybridized carbons (Fsp3) is 0.429. The average molecular weight is 277 g/mol. The predicted molar refractivity (Wildman–Crippen MR) is 73.3 cm³/mol. The summed E-state index contributed by atoms with van der Waals surface area (Å²) in [5.74, 6) is 0.797. The number of aryl methyl sites for hydroxylation is 2. The zero-order valence-electron chi connectivity index (χ0n) is 11.7. The summed E-state index contributed by atoms with van der Waals surface area (Å²) >= 11 is 0. The fourth-order valence-electron chi connectivity index (χ4n) is 1.93. The molecule has 0 aliphatic heterocycles. The van der Waals surface area contributed by atoms with Crippen molar-refractivity contribution in [2.45, 2.75) is 33.6 Å². The number of aliphatic hydroxyl groups excluding tert-OH is 2. The van der Waals surface area contributed by atoms with E-state index in [0.717, 1.165) is 16.9 Å². The van der Waals surface area contributed by atoms with Crippen LogP contribution >= 0.6 is 0 Å². The predicted octanol–water partition coefficient (Wildman–Crippen LogP) is 0.959. The highest BCUT2D eigenvalue weighted by Crippen LogP contribution is 2.21. The van der Waals surface area contributed by atoms with Gasteiger partial charge in [0.2, 0.25) is 0 Å². The maximum atomic E-state index is 9.26. The lowest BCUT2D eigenvalue weighted by molar-refractivity contribution is 0.245. The molecule has 1 heterocycles. The van der Waals surface area contributed by atoms with E-state index in [1.807, 2.05) is 32.0 Å². The number of hydrogen-bond donors (Lipinski definition) is 2. The summed E-state index contributed by atoms with van der Waals surface area (Å²) in [6.07, 6.45) is 0. The van der Waals surface area contributed by atoms with Crippen molar-refractivity contribution in [3.63, 3.8) is 0 Å². The molecule has 2 aromatic rings. The van der Waals surface area contributed by atoms with Gasteiger partial charge in [0.1, 0.15) is 23.7 Å². The first kappa shape index (κ1) is 14.5. The van der Waals surface area contributed by atoms with Gasteiger partial charge in [-0.25, -0.2) is 4.68 Å². The standard InChI is InChI=1S/C14H19N3O3/c1-10-3-4-11(2)14(7-10)20-9-13-12(8-19)15-16-17(13)5-6-18/h3-4,7,18-19H,5-6,8-9H2,1-2H3. The van der Waals surface area contributed by atoms with E-state index in [1.165, 1.54) is 0 Å². The topological polar surface area (TPSA) is 80.4 Å². The second kappa shape index (κ2) is 6.49. The smallest absolute Gasteiger partial charge is 0.132 e. The number of aromatic nitrogens is 3. The van der Waals surface area contributed by atoms with E-state index in [0.29, 0.717) is 17.9 Å². The quantitative estimate of drug-likeness (QED) is 0.822. The molecule has 0 aliphatic carbocycles. The summed E-state index contributed by atoms with van der Waals surface area (Å²) in [5, 5.41) is 26.0. The molecule has 0 spiro atoms. The van der Waals surface area contributed by atoms with Gasteiger partial charge in [0, 0.05) is 0 Å². The van der Waals surface area contributed by atoms with Crippen LogP contribution in [0.5, 0.6) is 5.75 Å². The Bertz CT molecular complexity index is 581. The number of rotatable bonds is 6. The number of benzene rings is 1. The molecule has 0 aliphatic rings. The molecule has 6 nitrogen and oxygen atoms in total. The van der Waals surface area contributed by atoms with Gasteiger partial charge in [-0.05, 0) is 31.0 Å². The molecule has 0 saturated heterocycles. The summed E-state index contributed by atoms with van der Waals surface area (Å²) in [6.45, 7) is 4.33. The molecule has 2 N–H and O–H groups in total. The Labute approximate surface area is 117 Å². The van der Waals surface area contributed by atoms with E-state index in [4.69, 9.17) is 9.84 Å². The van der Waals surface area contributed by atoms with Crippen molar-refractivity contribution in [1.82, 2.24) is 15.0 Å². The van der Waals surface area contributed by atoms with E-state index in [2.05, 4.69) is 10.3 Å². The van der Waals surface area contributed by atoms with Crippen LogP contribution in [0.25, 0.3) is 0 Å². The van der Waals surface area contributed by atoms with E-state index >= 15 is 0 Å². The molecule has 0 unspecified atom stereocenters. The first-order valence-corrected chi connectivity index (χ1v) is 6.48. The third-order valence-electron chi connectivity index (χ3n) is 3.09. The van der Waals surface area contributed by atoms with Gasteiger partial charge in [0.15, 0.2) is 0 Å². The van der Waals surface area contributed by atoms with E-state index in [9.17, 15) is 5.11 Å². The normalized spacial score (nSPS) is 10.8. The highest BCUT2D eigenvalue weighted by Gasteiger charge is 2.13. The van der Waals surface area contributed by atoms with Crippen LogP contribution in [0.2, 0.25) is 0 Å². The van der Waals surface area contributed by atoms with Crippen LogP contribution in [0.3, 0.4) is 0 Å². The number of nitrogens with zero attached hydrogens (tertiary/aromatic N) is 3. The van der Waals surface area contributed by atoms with Gasteiger partial charge in [-0.2, -0.15) is 0 Å². The Morgan fingerprint density at radius 1 is 1.25 bits per heavy atom. The Kier molecular flexibility index (Phi) is 4.70. The van der Waals surface area contributed by atoms with Gasteiger partial charge in [0.25, 0.3) is 0 Å². The lowest BCUT2D eigenvalue weighted by Gasteiger charge is -2.11. The lowest BCUT2D eigenvalue weighted by Crippen LogP contribution is -2.12. The summed E-state index contributed by atoms with van der Waals surface area (Å²) in [4.78, 5) is 0. The van der Waals surface area contributed by atoms with Gasteiger partial charge >= 0.3 is 0 Å². The molecule has 1 aromatic carbocycles. The third-order valence-corrected chi connectivity index (χ3v) is 3.09. The largest absolute Gasteiger partial charge is 0.487 e. The van der Waals surface area contributed by atoms with Gasteiger partial charge in [0.05, 0.1) is 19.8 Å². The van der Waals surface area contributed by atoms with Crippen molar-refractivity contribution in [2.24, 2.45) is 0 Å². The lowest BCUT2D eigenvalue weighted by atomic mass is 10.1. The Morgan fingerprint density at radius 3 is 2.75 bits per heavy atom. The van der Waals surface area contributed by atoms with Gasteiger partial charge in [-0.1, -0.05) is 17.3 Å². The minimum Gasteiger partial charge on any atom is -0.487 e. The van der Waals surface area contributed by atoms with Gasteiger partial charge < -0.3 is 14.9 Å². The highest BCUT2D eigenvalue weighted by atomic mass is 16.5. The number of ether oxygens (including phenoxy) is 1. The van der Waals surface area contributed by atoms with Crippen molar-refractivity contribution in [2.75, 3.05) is 6.61 Å². The molecule has 0 bridgehead atoms. The zero-order valence-corrected chi connectivity index (χ0v) is 11.7. The maximum absolute atomic E-state index is 9.26. The van der Waals surface area contributed by atoms with Crippen LogP contribution < -0.4 is 4.74 Å². The molecule has 108 valence electrons. The van der Waals surface area contributed by atoms with Gasteiger partial charge in [-0.3, -0.25) is 0 Å². The SMILES string of the molecule is Cc1ccc(C)c(OCc2c(CO)nnn2CCO)c1. The van der Waals surface area contributed by atoms with E-state index < -0.39 is 0 Å². The molecule has 0 fully saturated rings. The van der Waals surface area contributed by atoms with E-state index in [1.54, 1.807) is 4.68 Å². The van der Waals surface area contributed by atoms with Crippen LogP contribution in [0.15, 0.2) is 18.2 Å². The fourth-order valence-corrected chi connectivity index (χ4v) is 1.93. The minimum atomic E-state index is -0.197. The molecule has 1 aromatic heterocycles. The highest BCUT2D eigenvalue weighted by molar-refractivity contribution is 5.36. The second-order valence-electron chi connectivity index (χ2n) is 4.65. The number of aliphatic hydroxyl groups is 2.